The molecule has 16 heavy (non-hydrogen) atoms. The fourth-order valence-corrected chi connectivity index (χ4v) is 5.65. The van der Waals surface area contributed by atoms with Gasteiger partial charge in [0.25, 0.3) is 0 Å². The molecule has 0 saturated carbocycles. The van der Waals surface area contributed by atoms with E-state index in [9.17, 15) is 0 Å². The Labute approximate surface area is 107 Å². The Bertz CT molecular complexity index is 194. The molecule has 3 heteroatoms. The quantitative estimate of drug-likeness (QED) is 0.572. The monoisotopic (exact) mass is 242 g/mol. The second-order valence-corrected chi connectivity index (χ2v) is 9.99. The van der Waals surface area contributed by atoms with Gasteiger partial charge in [0.05, 0.1) is 0 Å². The molecule has 0 bridgehead atoms. The summed E-state index contributed by atoms with van der Waals surface area (Å²) in [6.45, 7) is 16.0. The Morgan fingerprint density at radius 2 is 1.12 bits per heavy atom. The molecule has 0 aromatic heterocycles. The van der Waals surface area contributed by atoms with Crippen LogP contribution in [0.2, 0.25) is 11.6 Å². The van der Waals surface area contributed by atoms with Gasteiger partial charge in [0, 0.05) is 16.6 Å². The Morgan fingerprint density at radius 3 is 1.25 bits per heavy atom. The van der Waals surface area contributed by atoms with Crippen molar-refractivity contribution in [2.24, 2.45) is 5.41 Å². The van der Waals surface area contributed by atoms with Crippen LogP contribution in [-0.4, -0.2) is 30.8 Å². The van der Waals surface area contributed by atoms with Crippen LogP contribution in [0.25, 0.3) is 0 Å². The summed E-state index contributed by atoms with van der Waals surface area (Å²) in [5.74, 6) is 4.85. The summed E-state index contributed by atoms with van der Waals surface area (Å²) in [6, 6.07) is 1.03. The molecule has 0 radical (unpaired) electrons. The molecule has 0 saturated heterocycles. The smallest absolute Gasteiger partial charge is 0.309 e. The molecule has 0 fully saturated rings. The van der Waals surface area contributed by atoms with Crippen molar-refractivity contribution >= 4 is 14.1 Å². The van der Waals surface area contributed by atoms with Gasteiger partial charge in [-0.15, -0.1) is 11.6 Å². The summed E-state index contributed by atoms with van der Waals surface area (Å²) >= 11 is -0.881. The minimum absolute atomic E-state index is 0.120. The first-order valence-corrected chi connectivity index (χ1v) is 9.47. The first kappa shape index (κ1) is 16.5. The Balaban J connectivity index is 5.23. The SMILES string of the molecule is CC(C)N[C](NC(C)C)([Al]([CH3])[CH3])C(C)(C)C. The molecule has 0 aliphatic heterocycles. The van der Waals surface area contributed by atoms with Crippen LogP contribution in [0.1, 0.15) is 48.5 Å². The lowest BCUT2D eigenvalue weighted by Crippen LogP contribution is -2.74. The van der Waals surface area contributed by atoms with E-state index in [1.807, 2.05) is 0 Å². The van der Waals surface area contributed by atoms with Crippen LogP contribution in [0.5, 0.6) is 0 Å². The number of hydrogen-bond acceptors (Lipinski definition) is 2. The van der Waals surface area contributed by atoms with Gasteiger partial charge in [-0.2, -0.15) is 0 Å². The summed E-state index contributed by atoms with van der Waals surface area (Å²) < 4.78 is 0.120. The van der Waals surface area contributed by atoms with E-state index >= 15 is 0 Å². The fourth-order valence-electron chi connectivity index (χ4n) is 2.58. The van der Waals surface area contributed by atoms with Gasteiger partial charge < -0.3 is 10.6 Å². The van der Waals surface area contributed by atoms with E-state index in [1.165, 1.54) is 0 Å². The van der Waals surface area contributed by atoms with Crippen molar-refractivity contribution in [3.63, 3.8) is 0 Å². The summed E-state index contributed by atoms with van der Waals surface area (Å²) in [5.41, 5.74) is 0.238. The van der Waals surface area contributed by atoms with Crippen LogP contribution in [0.15, 0.2) is 0 Å². The highest BCUT2D eigenvalue weighted by atomic mass is 27.2. The second kappa shape index (κ2) is 5.87. The summed E-state index contributed by atoms with van der Waals surface area (Å²) in [6.07, 6.45) is 0. The maximum atomic E-state index is 3.81. The zero-order valence-corrected chi connectivity index (χ0v) is 13.9. The molecule has 0 amide bonds. The van der Waals surface area contributed by atoms with Crippen molar-refractivity contribution < 1.29 is 0 Å². The van der Waals surface area contributed by atoms with E-state index in [4.69, 9.17) is 0 Å². The standard InChI is InChI=1S/C11H25N2.2CH3.Al/c1-8(2)12-10(11(5,6)7)13-9(3)4;;;/h8-9,12-13H,1-7H3;2*1H3;. The van der Waals surface area contributed by atoms with E-state index in [1.54, 1.807) is 0 Å². The molecule has 0 unspecified atom stereocenters. The van der Waals surface area contributed by atoms with Crippen LogP contribution >= 0.6 is 0 Å². The Kier molecular flexibility index (Phi) is 6.03. The summed E-state index contributed by atoms with van der Waals surface area (Å²) in [5, 5.41) is 7.63. The van der Waals surface area contributed by atoms with Gasteiger partial charge in [0.1, 0.15) is 0 Å². The molecule has 0 heterocycles. The Morgan fingerprint density at radius 1 is 0.812 bits per heavy atom. The van der Waals surface area contributed by atoms with E-state index in [-0.39, 0.29) is 9.94 Å². The highest BCUT2D eigenvalue weighted by Gasteiger charge is 2.46. The van der Waals surface area contributed by atoms with Crippen molar-refractivity contribution in [2.75, 3.05) is 0 Å². The van der Waals surface area contributed by atoms with E-state index in [2.05, 4.69) is 70.7 Å². The number of nitrogens with one attached hydrogen (secondary N) is 2. The molecule has 0 rings (SSSR count). The molecule has 0 spiro atoms. The van der Waals surface area contributed by atoms with Gasteiger partial charge in [-0.05, 0) is 5.41 Å². The first-order valence-electron chi connectivity index (χ1n) is 6.58. The zero-order valence-electron chi connectivity index (χ0n) is 12.7. The van der Waals surface area contributed by atoms with Gasteiger partial charge in [-0.25, -0.2) is 0 Å². The minimum Gasteiger partial charge on any atom is -0.309 e. The normalized spacial score (nSPS) is 13.7. The Hall–Kier alpha value is 0.452. The van der Waals surface area contributed by atoms with Crippen molar-refractivity contribution in [1.82, 2.24) is 10.6 Å². The second-order valence-electron chi connectivity index (χ2n) is 6.81. The average molecular weight is 242 g/mol. The average Bonchev–Trinajstić information content (AvgIpc) is 1.97. The van der Waals surface area contributed by atoms with Crippen molar-refractivity contribution in [1.29, 1.82) is 0 Å². The lowest BCUT2D eigenvalue weighted by molar-refractivity contribution is 0.151. The summed E-state index contributed by atoms with van der Waals surface area (Å²) in [4.78, 5) is 0. The third-order valence-electron chi connectivity index (χ3n) is 3.08. The molecule has 0 aliphatic rings. The van der Waals surface area contributed by atoms with Crippen LogP contribution in [0.3, 0.4) is 0 Å². The largest absolute Gasteiger partial charge is 0.309 e. The molecular weight excluding hydrogens is 211 g/mol. The first-order chi connectivity index (χ1) is 7.03. The van der Waals surface area contributed by atoms with E-state index in [0.29, 0.717) is 12.1 Å². The third kappa shape index (κ3) is 4.04. The number of rotatable bonds is 5. The predicted molar refractivity (Wildman–Crippen MR) is 76.2 cm³/mol. The van der Waals surface area contributed by atoms with Crippen LogP contribution in [0.4, 0.5) is 0 Å². The van der Waals surface area contributed by atoms with E-state index in [0.717, 1.165) is 0 Å². The lowest BCUT2D eigenvalue weighted by Gasteiger charge is -2.51. The summed E-state index contributed by atoms with van der Waals surface area (Å²) in [7, 11) is 0. The maximum absolute atomic E-state index is 3.81. The zero-order chi connectivity index (χ0) is 13.1. The van der Waals surface area contributed by atoms with Gasteiger partial charge >= 0.3 is 14.1 Å². The molecule has 0 aromatic carbocycles. The minimum atomic E-state index is -0.881. The van der Waals surface area contributed by atoms with E-state index < -0.39 is 14.1 Å². The van der Waals surface area contributed by atoms with Crippen molar-refractivity contribution in [3.8, 4) is 0 Å². The van der Waals surface area contributed by atoms with Gasteiger partial charge in [0.2, 0.25) is 0 Å². The molecule has 0 atom stereocenters. The van der Waals surface area contributed by atoms with Gasteiger partial charge in [0.15, 0.2) is 0 Å². The molecule has 2 nitrogen and oxygen atoms in total. The van der Waals surface area contributed by atoms with Crippen LogP contribution < -0.4 is 10.6 Å². The van der Waals surface area contributed by atoms with Gasteiger partial charge in [-0.1, -0.05) is 48.5 Å². The predicted octanol–water partition coefficient (Wildman–Crippen LogP) is 3.02. The number of hydrogen-bond donors (Lipinski definition) is 2. The van der Waals surface area contributed by atoms with Crippen molar-refractivity contribution in [3.05, 3.63) is 0 Å². The highest BCUT2D eigenvalue weighted by Crippen LogP contribution is 2.31. The molecular formula is C13H31AlN2. The van der Waals surface area contributed by atoms with Crippen molar-refractivity contribution in [2.45, 2.75) is 76.6 Å². The fraction of sp³-hybridized carbons (Fsp3) is 1.00. The molecule has 0 aromatic rings. The molecule has 0 aliphatic carbocycles. The molecule has 96 valence electrons. The van der Waals surface area contributed by atoms with Crippen LogP contribution in [-0.2, 0) is 0 Å². The third-order valence-corrected chi connectivity index (χ3v) is 6.01. The maximum Gasteiger partial charge on any atom is 0.309 e. The van der Waals surface area contributed by atoms with Gasteiger partial charge in [-0.3, -0.25) is 0 Å². The molecule has 2 N–H and O–H groups in total. The highest BCUT2D eigenvalue weighted by molar-refractivity contribution is 6.59. The van der Waals surface area contributed by atoms with Crippen LogP contribution in [0, 0.1) is 5.41 Å². The lowest BCUT2D eigenvalue weighted by atomic mass is 9.90. The topological polar surface area (TPSA) is 24.1 Å².